The number of carbonyl (C=O) groups excluding carboxylic acids is 2. The Kier molecular flexibility index (Phi) is 6.26. The summed E-state index contributed by atoms with van der Waals surface area (Å²) in [5, 5.41) is 3.04. The molecule has 116 valence electrons. The zero-order chi connectivity index (χ0) is 15.2. The molecule has 6 heteroatoms. The van der Waals surface area contributed by atoms with Crippen molar-refractivity contribution in [1.82, 2.24) is 10.2 Å². The van der Waals surface area contributed by atoms with Gasteiger partial charge in [0.15, 0.2) is 0 Å². The summed E-state index contributed by atoms with van der Waals surface area (Å²) >= 11 is 0. The van der Waals surface area contributed by atoms with Crippen LogP contribution in [0.1, 0.15) is 40.5 Å². The molecule has 1 atom stereocenters. The number of nitrogens with zero attached hydrogens (tertiary/aromatic N) is 1. The van der Waals surface area contributed by atoms with Gasteiger partial charge in [0.05, 0.1) is 13.2 Å². The molecule has 0 saturated carbocycles. The summed E-state index contributed by atoms with van der Waals surface area (Å²) in [5.74, 6) is -0.269. The minimum atomic E-state index is -0.484. The van der Waals surface area contributed by atoms with Crippen LogP contribution in [0.3, 0.4) is 0 Å². The van der Waals surface area contributed by atoms with Crippen molar-refractivity contribution in [1.29, 1.82) is 0 Å². The van der Waals surface area contributed by atoms with Crippen LogP contribution in [0.15, 0.2) is 0 Å². The van der Waals surface area contributed by atoms with Gasteiger partial charge < -0.3 is 19.7 Å². The van der Waals surface area contributed by atoms with E-state index in [4.69, 9.17) is 9.47 Å². The Bertz CT molecular complexity index is 339. The fraction of sp³-hybridized carbons (Fsp3) is 0.857. The third kappa shape index (κ3) is 5.77. The standard InChI is InChI=1S/C14H26N2O4/c1-5-19-12(17)10-15-9-11-7-6-8-16(11)13(18)20-14(2,3)4/h11,15H,5-10H2,1-4H3. The summed E-state index contributed by atoms with van der Waals surface area (Å²) in [4.78, 5) is 25.0. The highest BCUT2D eigenvalue weighted by Gasteiger charge is 2.31. The van der Waals surface area contributed by atoms with Gasteiger partial charge in [-0.15, -0.1) is 0 Å². The predicted molar refractivity (Wildman–Crippen MR) is 75.5 cm³/mol. The normalized spacial score (nSPS) is 19.0. The quantitative estimate of drug-likeness (QED) is 0.776. The molecule has 1 aliphatic heterocycles. The van der Waals surface area contributed by atoms with Crippen molar-refractivity contribution in [3.05, 3.63) is 0 Å². The SMILES string of the molecule is CCOC(=O)CNCC1CCCN1C(=O)OC(C)(C)C. The number of carbonyl (C=O) groups is 2. The Morgan fingerprint density at radius 3 is 2.65 bits per heavy atom. The molecule has 0 spiro atoms. The van der Waals surface area contributed by atoms with E-state index in [-0.39, 0.29) is 24.6 Å². The van der Waals surface area contributed by atoms with E-state index >= 15 is 0 Å². The molecule has 1 heterocycles. The van der Waals surface area contributed by atoms with Crippen molar-refractivity contribution < 1.29 is 19.1 Å². The van der Waals surface area contributed by atoms with Crippen LogP contribution < -0.4 is 5.32 Å². The van der Waals surface area contributed by atoms with E-state index in [1.54, 1.807) is 11.8 Å². The van der Waals surface area contributed by atoms with Crippen molar-refractivity contribution in [2.24, 2.45) is 0 Å². The highest BCUT2D eigenvalue weighted by atomic mass is 16.6. The molecule has 0 radical (unpaired) electrons. The molecule has 20 heavy (non-hydrogen) atoms. The van der Waals surface area contributed by atoms with Gasteiger partial charge in [-0.25, -0.2) is 4.79 Å². The second-order valence-electron chi connectivity index (χ2n) is 5.91. The minimum Gasteiger partial charge on any atom is -0.465 e. The van der Waals surface area contributed by atoms with Crippen LogP contribution in [0.4, 0.5) is 4.79 Å². The number of hydrogen-bond donors (Lipinski definition) is 1. The van der Waals surface area contributed by atoms with Crippen LogP contribution >= 0.6 is 0 Å². The first-order valence-corrected chi connectivity index (χ1v) is 7.19. The topological polar surface area (TPSA) is 67.9 Å². The van der Waals surface area contributed by atoms with Crippen molar-refractivity contribution in [2.75, 3.05) is 26.2 Å². The predicted octanol–water partition coefficient (Wildman–Crippen LogP) is 1.54. The molecule has 1 amide bonds. The Hall–Kier alpha value is -1.30. The van der Waals surface area contributed by atoms with E-state index in [1.807, 2.05) is 20.8 Å². The summed E-state index contributed by atoms with van der Waals surface area (Å²) < 4.78 is 10.2. The van der Waals surface area contributed by atoms with Crippen LogP contribution in [0.25, 0.3) is 0 Å². The molecular formula is C14H26N2O4. The number of rotatable bonds is 5. The van der Waals surface area contributed by atoms with Crippen LogP contribution in [0, 0.1) is 0 Å². The van der Waals surface area contributed by atoms with E-state index < -0.39 is 5.60 Å². The van der Waals surface area contributed by atoms with Gasteiger partial charge >= 0.3 is 12.1 Å². The van der Waals surface area contributed by atoms with E-state index in [2.05, 4.69) is 5.32 Å². The van der Waals surface area contributed by atoms with Crippen LogP contribution in [-0.2, 0) is 14.3 Å². The first kappa shape index (κ1) is 16.8. The summed E-state index contributed by atoms with van der Waals surface area (Å²) in [5.41, 5.74) is -0.484. The Balaban J connectivity index is 2.37. The van der Waals surface area contributed by atoms with E-state index in [9.17, 15) is 9.59 Å². The number of nitrogens with one attached hydrogen (secondary N) is 1. The molecule has 1 fully saturated rings. The average Bonchev–Trinajstić information content (AvgIpc) is 2.75. The zero-order valence-corrected chi connectivity index (χ0v) is 12.9. The molecule has 6 nitrogen and oxygen atoms in total. The maximum Gasteiger partial charge on any atom is 0.410 e. The van der Waals surface area contributed by atoms with Crippen LogP contribution in [0.2, 0.25) is 0 Å². The lowest BCUT2D eigenvalue weighted by atomic mass is 10.2. The molecular weight excluding hydrogens is 260 g/mol. The fourth-order valence-electron chi connectivity index (χ4n) is 2.16. The smallest absolute Gasteiger partial charge is 0.410 e. The van der Waals surface area contributed by atoms with Crippen molar-refractivity contribution in [3.63, 3.8) is 0 Å². The van der Waals surface area contributed by atoms with E-state index in [1.165, 1.54) is 0 Å². The molecule has 0 aromatic rings. The van der Waals surface area contributed by atoms with Gasteiger partial charge in [0.2, 0.25) is 0 Å². The third-order valence-electron chi connectivity index (χ3n) is 2.96. The van der Waals surface area contributed by atoms with Gasteiger partial charge in [-0.1, -0.05) is 0 Å². The molecule has 1 saturated heterocycles. The van der Waals surface area contributed by atoms with Crippen molar-refractivity contribution in [3.8, 4) is 0 Å². The molecule has 0 aromatic carbocycles. The molecule has 0 bridgehead atoms. The summed E-state index contributed by atoms with van der Waals surface area (Å²) in [6.45, 7) is 9.19. The van der Waals surface area contributed by atoms with Crippen molar-refractivity contribution >= 4 is 12.1 Å². The maximum absolute atomic E-state index is 12.1. The molecule has 1 N–H and O–H groups in total. The Morgan fingerprint density at radius 2 is 2.05 bits per heavy atom. The van der Waals surface area contributed by atoms with Crippen LogP contribution in [0.5, 0.6) is 0 Å². The maximum atomic E-state index is 12.1. The van der Waals surface area contributed by atoms with Crippen LogP contribution in [-0.4, -0.2) is 54.8 Å². The second kappa shape index (κ2) is 7.47. The molecule has 1 aliphatic rings. The summed E-state index contributed by atoms with van der Waals surface area (Å²) in [6, 6.07) is 0.0827. The first-order valence-electron chi connectivity index (χ1n) is 7.19. The van der Waals surface area contributed by atoms with Gasteiger partial charge in [0, 0.05) is 19.1 Å². The lowest BCUT2D eigenvalue weighted by molar-refractivity contribution is -0.142. The van der Waals surface area contributed by atoms with Gasteiger partial charge in [-0.05, 0) is 40.5 Å². The minimum absolute atomic E-state index is 0.0827. The second-order valence-corrected chi connectivity index (χ2v) is 5.91. The number of hydrogen-bond acceptors (Lipinski definition) is 5. The lowest BCUT2D eigenvalue weighted by Gasteiger charge is -2.28. The molecule has 0 aromatic heterocycles. The number of likely N-dealkylation sites (tertiary alicyclic amines) is 1. The first-order chi connectivity index (χ1) is 9.33. The summed E-state index contributed by atoms with van der Waals surface area (Å²) in [6.07, 6.45) is 1.61. The molecule has 0 aliphatic carbocycles. The zero-order valence-electron chi connectivity index (χ0n) is 12.9. The highest BCUT2D eigenvalue weighted by molar-refractivity contribution is 5.71. The number of esters is 1. The third-order valence-corrected chi connectivity index (χ3v) is 2.96. The van der Waals surface area contributed by atoms with Gasteiger partial charge in [-0.3, -0.25) is 4.79 Å². The molecule has 1 rings (SSSR count). The largest absolute Gasteiger partial charge is 0.465 e. The van der Waals surface area contributed by atoms with Crippen molar-refractivity contribution in [2.45, 2.75) is 52.2 Å². The molecule has 1 unspecified atom stereocenters. The average molecular weight is 286 g/mol. The van der Waals surface area contributed by atoms with E-state index in [0.717, 1.165) is 12.8 Å². The van der Waals surface area contributed by atoms with Gasteiger partial charge in [0.25, 0.3) is 0 Å². The monoisotopic (exact) mass is 286 g/mol. The highest BCUT2D eigenvalue weighted by Crippen LogP contribution is 2.20. The summed E-state index contributed by atoms with van der Waals surface area (Å²) in [7, 11) is 0. The number of ether oxygens (including phenoxy) is 2. The van der Waals surface area contributed by atoms with Gasteiger partial charge in [0.1, 0.15) is 5.60 Å². The Morgan fingerprint density at radius 1 is 1.35 bits per heavy atom. The van der Waals surface area contributed by atoms with E-state index in [0.29, 0.717) is 19.7 Å². The lowest BCUT2D eigenvalue weighted by Crippen LogP contribution is -2.44. The number of amides is 1. The fourth-order valence-corrected chi connectivity index (χ4v) is 2.16. The van der Waals surface area contributed by atoms with Gasteiger partial charge in [-0.2, -0.15) is 0 Å². The Labute approximate surface area is 120 Å².